The number of benzene rings is 2. The van der Waals surface area contributed by atoms with Gasteiger partial charge in [0, 0.05) is 17.9 Å². The minimum absolute atomic E-state index is 0.0418. The smallest absolute Gasteiger partial charge is 0.177 e. The van der Waals surface area contributed by atoms with E-state index in [-0.39, 0.29) is 15.8 Å². The maximum Gasteiger partial charge on any atom is 0.177 e. The van der Waals surface area contributed by atoms with E-state index >= 15 is 0 Å². The third-order valence-electron chi connectivity index (χ3n) is 4.02. The lowest BCUT2D eigenvalue weighted by atomic mass is 10.2. The van der Waals surface area contributed by atoms with E-state index in [1.807, 2.05) is 37.3 Å². The molecule has 1 heterocycles. The third-order valence-corrected chi connectivity index (χ3v) is 6.27. The zero-order chi connectivity index (χ0) is 19.1. The van der Waals surface area contributed by atoms with Crippen LogP contribution in [0.5, 0.6) is 0 Å². The molecule has 0 spiro atoms. The van der Waals surface area contributed by atoms with Gasteiger partial charge in [0.15, 0.2) is 19.7 Å². The molecule has 0 aliphatic rings. The van der Waals surface area contributed by atoms with Crippen molar-refractivity contribution >= 4 is 36.3 Å². The number of anilines is 1. The highest BCUT2D eigenvalue weighted by atomic mass is 32.2. The largest absolute Gasteiger partial charge is 0.459 e. The maximum absolute atomic E-state index is 12.1. The van der Waals surface area contributed by atoms with Crippen LogP contribution >= 0.6 is 0 Å². The Morgan fingerprint density at radius 1 is 0.923 bits per heavy atom. The fourth-order valence-electron chi connectivity index (χ4n) is 2.68. The van der Waals surface area contributed by atoms with Crippen LogP contribution in [0.15, 0.2) is 62.7 Å². The Morgan fingerprint density at radius 3 is 2.23 bits per heavy atom. The molecule has 0 amide bonds. The minimum atomic E-state index is -3.63. The van der Waals surface area contributed by atoms with Gasteiger partial charge < -0.3 is 9.73 Å². The molecular weight excluding hydrogens is 374 g/mol. The molecule has 0 bridgehead atoms. The van der Waals surface area contributed by atoms with E-state index in [9.17, 15) is 16.8 Å². The summed E-state index contributed by atoms with van der Waals surface area (Å²) in [5.74, 6) is 0.651. The molecule has 138 valence electrons. The highest BCUT2D eigenvalue weighted by molar-refractivity contribution is 7.91. The molecule has 1 unspecified atom stereocenters. The lowest BCUT2D eigenvalue weighted by molar-refractivity contribution is 0.525. The number of furan rings is 1. The Labute approximate surface area is 152 Å². The van der Waals surface area contributed by atoms with Crippen molar-refractivity contribution in [2.45, 2.75) is 22.8 Å². The number of nitrogens with one attached hydrogen (secondary N) is 1. The fraction of sp³-hybridized carbons (Fsp3) is 0.222. The number of para-hydroxylation sites is 1. The van der Waals surface area contributed by atoms with E-state index < -0.39 is 19.7 Å². The van der Waals surface area contributed by atoms with Crippen molar-refractivity contribution in [2.75, 3.05) is 17.8 Å². The zero-order valence-corrected chi connectivity index (χ0v) is 16.2. The number of hydrogen-bond donors (Lipinski definition) is 1. The van der Waals surface area contributed by atoms with Crippen LogP contribution in [-0.2, 0) is 19.7 Å². The first-order chi connectivity index (χ1) is 12.1. The number of fused-ring (bicyclic) bond motifs is 1. The molecule has 0 aliphatic heterocycles. The Morgan fingerprint density at radius 2 is 1.62 bits per heavy atom. The Kier molecular flexibility index (Phi) is 4.58. The van der Waals surface area contributed by atoms with Gasteiger partial charge in [0.1, 0.15) is 11.3 Å². The molecule has 0 fully saturated rings. The van der Waals surface area contributed by atoms with Gasteiger partial charge in [-0.3, -0.25) is 0 Å². The summed E-state index contributed by atoms with van der Waals surface area (Å²) in [6.45, 7) is 1.84. The summed E-state index contributed by atoms with van der Waals surface area (Å²) >= 11 is 0. The molecule has 3 rings (SSSR count). The molecule has 1 aromatic heterocycles. The SMILES string of the molecule is CC(Nc1ccc(S(C)(=O)=O)cc1S(C)(=O)=O)c1cc2ccccc2o1. The summed E-state index contributed by atoms with van der Waals surface area (Å²) in [6.07, 6.45) is 2.09. The molecule has 0 saturated heterocycles. The van der Waals surface area contributed by atoms with Gasteiger partial charge in [-0.1, -0.05) is 18.2 Å². The van der Waals surface area contributed by atoms with Gasteiger partial charge in [-0.05, 0) is 37.3 Å². The minimum Gasteiger partial charge on any atom is -0.459 e. The van der Waals surface area contributed by atoms with E-state index in [1.54, 1.807) is 0 Å². The van der Waals surface area contributed by atoms with E-state index in [4.69, 9.17) is 4.42 Å². The Bertz CT molecular complexity index is 1140. The molecule has 0 radical (unpaired) electrons. The number of sulfone groups is 2. The molecular formula is C18H19NO5S2. The second-order valence-electron chi connectivity index (χ2n) is 6.25. The molecule has 0 aliphatic carbocycles. The quantitative estimate of drug-likeness (QED) is 0.714. The topological polar surface area (TPSA) is 93.5 Å². The summed E-state index contributed by atoms with van der Waals surface area (Å²) in [5.41, 5.74) is 1.07. The molecule has 26 heavy (non-hydrogen) atoms. The Balaban J connectivity index is 2.00. The summed E-state index contributed by atoms with van der Waals surface area (Å²) in [5, 5.41) is 4.06. The first-order valence-electron chi connectivity index (χ1n) is 7.85. The van der Waals surface area contributed by atoms with Gasteiger partial charge in [-0.2, -0.15) is 0 Å². The van der Waals surface area contributed by atoms with Crippen molar-refractivity contribution in [1.29, 1.82) is 0 Å². The van der Waals surface area contributed by atoms with Crippen LogP contribution in [-0.4, -0.2) is 29.3 Å². The standard InChI is InChI=1S/C18H19NO5S2/c1-12(17-10-13-6-4-5-7-16(13)24-17)19-15-9-8-14(25(2,20)21)11-18(15)26(3,22)23/h4-12,19H,1-3H3. The van der Waals surface area contributed by atoms with Crippen LogP contribution in [0.25, 0.3) is 11.0 Å². The number of hydrogen-bond acceptors (Lipinski definition) is 6. The van der Waals surface area contributed by atoms with Gasteiger partial charge in [-0.25, -0.2) is 16.8 Å². The molecule has 1 atom stereocenters. The summed E-state index contributed by atoms with van der Waals surface area (Å²) < 4.78 is 53.5. The summed E-state index contributed by atoms with van der Waals surface area (Å²) in [7, 11) is -7.14. The summed E-state index contributed by atoms with van der Waals surface area (Å²) in [6, 6.07) is 13.2. The fourth-order valence-corrected chi connectivity index (χ4v) is 4.27. The first kappa shape index (κ1) is 18.5. The van der Waals surface area contributed by atoms with Crippen molar-refractivity contribution in [2.24, 2.45) is 0 Å². The van der Waals surface area contributed by atoms with Crippen molar-refractivity contribution in [3.63, 3.8) is 0 Å². The second-order valence-corrected chi connectivity index (χ2v) is 10.3. The average Bonchev–Trinajstić information content (AvgIpc) is 2.97. The monoisotopic (exact) mass is 393 g/mol. The van der Waals surface area contributed by atoms with E-state index in [0.717, 1.165) is 23.5 Å². The molecule has 3 aromatic rings. The molecule has 8 heteroatoms. The van der Waals surface area contributed by atoms with E-state index in [1.165, 1.54) is 18.2 Å². The lowest BCUT2D eigenvalue weighted by Gasteiger charge is -2.16. The molecule has 0 saturated carbocycles. The third kappa shape index (κ3) is 3.76. The molecule has 1 N–H and O–H groups in total. The van der Waals surface area contributed by atoms with Crippen LogP contribution in [0, 0.1) is 0 Å². The van der Waals surface area contributed by atoms with Gasteiger partial charge in [0.25, 0.3) is 0 Å². The van der Waals surface area contributed by atoms with Gasteiger partial charge >= 0.3 is 0 Å². The van der Waals surface area contributed by atoms with Crippen LogP contribution in [0.1, 0.15) is 18.7 Å². The van der Waals surface area contributed by atoms with Gasteiger partial charge in [0.05, 0.1) is 21.5 Å². The normalized spacial score (nSPS) is 13.7. The van der Waals surface area contributed by atoms with Gasteiger partial charge in [-0.15, -0.1) is 0 Å². The van der Waals surface area contributed by atoms with Crippen molar-refractivity contribution in [3.05, 3.63) is 54.3 Å². The van der Waals surface area contributed by atoms with Crippen molar-refractivity contribution in [3.8, 4) is 0 Å². The van der Waals surface area contributed by atoms with Crippen LogP contribution in [0.4, 0.5) is 5.69 Å². The highest BCUT2D eigenvalue weighted by Crippen LogP contribution is 2.30. The zero-order valence-electron chi connectivity index (χ0n) is 14.6. The second kappa shape index (κ2) is 6.44. The van der Waals surface area contributed by atoms with Crippen LogP contribution in [0.3, 0.4) is 0 Å². The lowest BCUT2D eigenvalue weighted by Crippen LogP contribution is -2.11. The highest BCUT2D eigenvalue weighted by Gasteiger charge is 2.20. The van der Waals surface area contributed by atoms with E-state index in [2.05, 4.69) is 5.32 Å². The predicted octanol–water partition coefficient (Wildman–Crippen LogP) is 3.41. The van der Waals surface area contributed by atoms with Crippen molar-refractivity contribution < 1.29 is 21.3 Å². The first-order valence-corrected chi connectivity index (χ1v) is 11.6. The summed E-state index contributed by atoms with van der Waals surface area (Å²) in [4.78, 5) is -0.108. The van der Waals surface area contributed by atoms with Crippen molar-refractivity contribution in [1.82, 2.24) is 0 Å². The van der Waals surface area contributed by atoms with Gasteiger partial charge in [0.2, 0.25) is 0 Å². The van der Waals surface area contributed by atoms with E-state index in [0.29, 0.717) is 11.4 Å². The maximum atomic E-state index is 12.1. The Hall–Kier alpha value is -2.32. The molecule has 2 aromatic carbocycles. The average molecular weight is 393 g/mol. The van der Waals surface area contributed by atoms with Crippen LogP contribution < -0.4 is 5.32 Å². The molecule has 6 nitrogen and oxygen atoms in total. The number of rotatable bonds is 5. The predicted molar refractivity (Wildman–Crippen MR) is 101 cm³/mol. The van der Waals surface area contributed by atoms with Crippen LogP contribution in [0.2, 0.25) is 0 Å².